The van der Waals surface area contributed by atoms with E-state index >= 15 is 0 Å². The number of aromatic nitrogens is 2. The van der Waals surface area contributed by atoms with Crippen molar-refractivity contribution in [3.8, 4) is 0 Å². The number of oxazole rings is 1. The smallest absolute Gasteiger partial charge is 0.358 e. The van der Waals surface area contributed by atoms with Crippen molar-refractivity contribution in [1.82, 2.24) is 9.97 Å². The van der Waals surface area contributed by atoms with Gasteiger partial charge in [0.2, 0.25) is 5.89 Å². The highest BCUT2D eigenvalue weighted by atomic mass is 32.1. The molecule has 0 radical (unpaired) electrons. The summed E-state index contributed by atoms with van der Waals surface area (Å²) < 4.78 is 23.5. The van der Waals surface area contributed by atoms with E-state index in [1.54, 1.807) is 24.6 Å². The molecule has 1 aromatic carbocycles. The summed E-state index contributed by atoms with van der Waals surface area (Å²) >= 11 is 1.33. The zero-order chi connectivity index (χ0) is 16.2. The quantitative estimate of drug-likeness (QED) is 0.669. The van der Waals surface area contributed by atoms with Crippen LogP contribution in [-0.4, -0.2) is 15.9 Å². The Bertz CT molecular complexity index is 828. The van der Waals surface area contributed by atoms with Crippen LogP contribution in [0.15, 0.2) is 40.3 Å². The third kappa shape index (κ3) is 4.01. The number of esters is 1. The molecule has 0 amide bonds. The van der Waals surface area contributed by atoms with Crippen LogP contribution in [0.25, 0.3) is 0 Å². The van der Waals surface area contributed by atoms with Gasteiger partial charge in [-0.1, -0.05) is 12.1 Å². The normalized spacial score (nSPS) is 10.7. The molecule has 2 aromatic heterocycles. The Hall–Kier alpha value is -2.54. The van der Waals surface area contributed by atoms with Crippen molar-refractivity contribution in [2.24, 2.45) is 0 Å². The molecule has 0 fully saturated rings. The van der Waals surface area contributed by atoms with E-state index in [9.17, 15) is 9.18 Å². The second-order valence-corrected chi connectivity index (χ2v) is 5.82. The van der Waals surface area contributed by atoms with Crippen molar-refractivity contribution in [2.45, 2.75) is 20.0 Å². The van der Waals surface area contributed by atoms with Gasteiger partial charge in [0.25, 0.3) is 0 Å². The third-order valence-electron chi connectivity index (χ3n) is 3.00. The van der Waals surface area contributed by atoms with Crippen LogP contribution in [0.1, 0.15) is 32.7 Å². The van der Waals surface area contributed by atoms with E-state index in [2.05, 4.69) is 9.97 Å². The van der Waals surface area contributed by atoms with Crippen molar-refractivity contribution < 1.29 is 18.3 Å². The molecule has 3 rings (SSSR count). The lowest BCUT2D eigenvalue weighted by molar-refractivity contribution is 0.0430. The van der Waals surface area contributed by atoms with Gasteiger partial charge in [0, 0.05) is 11.8 Å². The lowest BCUT2D eigenvalue weighted by Crippen LogP contribution is -2.06. The average molecular weight is 332 g/mol. The van der Waals surface area contributed by atoms with E-state index in [1.807, 2.05) is 6.07 Å². The molecule has 5 nitrogen and oxygen atoms in total. The molecule has 0 aliphatic rings. The third-order valence-corrected chi connectivity index (χ3v) is 3.85. The van der Waals surface area contributed by atoms with Crippen LogP contribution in [0.2, 0.25) is 0 Å². The standard InChI is InChI=1S/C16H13FN2O3S/c1-10-7-18-14(22-10)8-21-16(20)13-9-23-15(19-13)6-11-3-2-4-12(17)5-11/h2-5,7,9H,6,8H2,1H3. The molecule has 0 N–H and O–H groups in total. The summed E-state index contributed by atoms with van der Waals surface area (Å²) in [7, 11) is 0. The minimum absolute atomic E-state index is 0.0383. The van der Waals surface area contributed by atoms with Crippen LogP contribution in [-0.2, 0) is 17.8 Å². The van der Waals surface area contributed by atoms with Crippen LogP contribution in [0.3, 0.4) is 0 Å². The lowest BCUT2D eigenvalue weighted by atomic mass is 10.1. The maximum absolute atomic E-state index is 13.2. The van der Waals surface area contributed by atoms with E-state index in [0.717, 1.165) is 10.6 Å². The number of ether oxygens (including phenoxy) is 1. The number of thiazole rings is 1. The molecule has 0 saturated carbocycles. The molecule has 0 spiro atoms. The van der Waals surface area contributed by atoms with Gasteiger partial charge in [-0.3, -0.25) is 0 Å². The van der Waals surface area contributed by atoms with Crippen LogP contribution >= 0.6 is 11.3 Å². The maximum atomic E-state index is 13.2. The first-order valence-electron chi connectivity index (χ1n) is 6.87. The number of benzene rings is 1. The molecule has 0 aliphatic carbocycles. The van der Waals surface area contributed by atoms with Crippen LogP contribution in [0.5, 0.6) is 0 Å². The highest BCUT2D eigenvalue weighted by Gasteiger charge is 2.14. The summed E-state index contributed by atoms with van der Waals surface area (Å²) in [6.45, 7) is 1.72. The number of halogens is 1. The summed E-state index contributed by atoms with van der Waals surface area (Å²) in [5.74, 6) is 0.163. The molecule has 0 unspecified atom stereocenters. The fraction of sp³-hybridized carbons (Fsp3) is 0.188. The zero-order valence-corrected chi connectivity index (χ0v) is 13.1. The van der Waals surface area contributed by atoms with Crippen molar-refractivity contribution in [1.29, 1.82) is 0 Å². The van der Waals surface area contributed by atoms with E-state index in [4.69, 9.17) is 9.15 Å². The Morgan fingerprint density at radius 3 is 3.04 bits per heavy atom. The van der Waals surface area contributed by atoms with Crippen LogP contribution in [0.4, 0.5) is 4.39 Å². The second-order valence-electron chi connectivity index (χ2n) is 4.87. The number of hydrogen-bond donors (Lipinski definition) is 0. The number of carbonyl (C=O) groups excluding carboxylic acids is 1. The van der Waals surface area contributed by atoms with Gasteiger partial charge < -0.3 is 9.15 Å². The van der Waals surface area contributed by atoms with Gasteiger partial charge in [-0.25, -0.2) is 19.2 Å². The summed E-state index contributed by atoms with van der Waals surface area (Å²) in [5, 5.41) is 2.34. The molecular formula is C16H13FN2O3S. The molecule has 118 valence electrons. The van der Waals surface area contributed by atoms with Gasteiger partial charge in [-0.05, 0) is 24.6 Å². The predicted molar refractivity (Wildman–Crippen MR) is 81.7 cm³/mol. The first-order chi connectivity index (χ1) is 11.1. The molecule has 3 aromatic rings. The fourth-order valence-electron chi connectivity index (χ4n) is 1.98. The number of carbonyl (C=O) groups is 1. The van der Waals surface area contributed by atoms with E-state index in [-0.39, 0.29) is 18.1 Å². The largest absolute Gasteiger partial charge is 0.451 e. The lowest BCUT2D eigenvalue weighted by Gasteiger charge is -1.99. The fourth-order valence-corrected chi connectivity index (χ4v) is 2.77. The van der Waals surface area contributed by atoms with Gasteiger partial charge in [-0.15, -0.1) is 11.3 Å². The van der Waals surface area contributed by atoms with Gasteiger partial charge in [-0.2, -0.15) is 0 Å². The highest BCUT2D eigenvalue weighted by molar-refractivity contribution is 7.09. The topological polar surface area (TPSA) is 65.2 Å². The molecule has 2 heterocycles. The summed E-state index contributed by atoms with van der Waals surface area (Å²) in [4.78, 5) is 20.1. The van der Waals surface area contributed by atoms with Crippen molar-refractivity contribution in [3.05, 3.63) is 69.6 Å². The minimum Gasteiger partial charge on any atom is -0.451 e. The number of aryl methyl sites for hydroxylation is 1. The van der Waals surface area contributed by atoms with Gasteiger partial charge >= 0.3 is 5.97 Å². The van der Waals surface area contributed by atoms with Crippen LogP contribution in [0, 0.1) is 12.7 Å². The Balaban J connectivity index is 1.60. The number of nitrogens with zero attached hydrogens (tertiary/aromatic N) is 2. The Kier molecular flexibility index (Phi) is 4.47. The van der Waals surface area contributed by atoms with Gasteiger partial charge in [0.15, 0.2) is 12.3 Å². The van der Waals surface area contributed by atoms with Crippen molar-refractivity contribution in [2.75, 3.05) is 0 Å². The first kappa shape index (κ1) is 15.4. The number of rotatable bonds is 5. The Labute approximate surface area is 135 Å². The maximum Gasteiger partial charge on any atom is 0.358 e. The molecule has 7 heteroatoms. The van der Waals surface area contributed by atoms with Crippen molar-refractivity contribution in [3.63, 3.8) is 0 Å². The second kappa shape index (κ2) is 6.70. The molecular weight excluding hydrogens is 319 g/mol. The van der Waals surface area contributed by atoms with E-state index in [0.29, 0.717) is 18.1 Å². The van der Waals surface area contributed by atoms with E-state index in [1.165, 1.54) is 23.5 Å². The van der Waals surface area contributed by atoms with Crippen LogP contribution < -0.4 is 0 Å². The molecule has 0 saturated heterocycles. The summed E-state index contributed by atoms with van der Waals surface area (Å²) in [5.41, 5.74) is 1.03. The zero-order valence-electron chi connectivity index (χ0n) is 12.3. The molecule has 0 aliphatic heterocycles. The van der Waals surface area contributed by atoms with Gasteiger partial charge in [0.1, 0.15) is 11.6 Å². The SMILES string of the molecule is Cc1cnc(COC(=O)c2csc(Cc3cccc(F)c3)n2)o1. The molecule has 0 bridgehead atoms. The Morgan fingerprint density at radius 2 is 2.30 bits per heavy atom. The highest BCUT2D eigenvalue weighted by Crippen LogP contribution is 2.16. The average Bonchev–Trinajstić information content (AvgIpc) is 3.14. The Morgan fingerprint density at radius 1 is 1.43 bits per heavy atom. The van der Waals surface area contributed by atoms with Crippen molar-refractivity contribution >= 4 is 17.3 Å². The van der Waals surface area contributed by atoms with E-state index < -0.39 is 5.97 Å². The predicted octanol–water partition coefficient (Wildman–Crippen LogP) is 3.53. The summed E-state index contributed by atoms with van der Waals surface area (Å²) in [6, 6.07) is 6.29. The monoisotopic (exact) mass is 332 g/mol. The minimum atomic E-state index is -0.539. The number of hydrogen-bond acceptors (Lipinski definition) is 6. The molecule has 0 atom stereocenters. The van der Waals surface area contributed by atoms with Gasteiger partial charge in [0.05, 0.1) is 11.2 Å². The summed E-state index contributed by atoms with van der Waals surface area (Å²) in [6.07, 6.45) is 2.03. The molecule has 23 heavy (non-hydrogen) atoms. The first-order valence-corrected chi connectivity index (χ1v) is 7.75.